The zero-order valence-corrected chi connectivity index (χ0v) is 8.28. The van der Waals surface area contributed by atoms with Gasteiger partial charge in [-0.25, -0.2) is 4.79 Å². The van der Waals surface area contributed by atoms with Crippen molar-refractivity contribution in [3.8, 4) is 0 Å². The fraction of sp³-hybridized carbons (Fsp3) is 0.200. The van der Waals surface area contributed by atoms with Crippen LogP contribution in [-0.2, 0) is 15.7 Å². The van der Waals surface area contributed by atoms with Crippen molar-refractivity contribution in [1.82, 2.24) is 4.98 Å². The number of hydrogen-bond acceptors (Lipinski definition) is 3. The van der Waals surface area contributed by atoms with Crippen molar-refractivity contribution in [2.24, 2.45) is 0 Å². The van der Waals surface area contributed by atoms with Crippen LogP contribution in [0.2, 0.25) is 0 Å². The van der Waals surface area contributed by atoms with Crippen molar-refractivity contribution in [3.63, 3.8) is 0 Å². The largest absolute Gasteiger partial charge is 0.466 e. The van der Waals surface area contributed by atoms with E-state index in [2.05, 4.69) is 9.72 Å². The number of hydrogen-bond donors (Lipinski definition) is 0. The highest BCUT2D eigenvalue weighted by Gasteiger charge is 2.33. The summed E-state index contributed by atoms with van der Waals surface area (Å²) in [5.41, 5.74) is -1.21. The van der Waals surface area contributed by atoms with Gasteiger partial charge in [-0.05, 0) is 18.2 Å². The molecule has 0 aromatic carbocycles. The number of halogens is 3. The van der Waals surface area contributed by atoms with Gasteiger partial charge in [0, 0.05) is 12.3 Å². The Morgan fingerprint density at radius 2 is 2.19 bits per heavy atom. The van der Waals surface area contributed by atoms with Gasteiger partial charge in [-0.2, -0.15) is 13.2 Å². The Balaban J connectivity index is 3.05. The molecule has 0 fully saturated rings. The molecule has 0 bridgehead atoms. The molecule has 1 aromatic rings. The topological polar surface area (TPSA) is 39.2 Å². The van der Waals surface area contributed by atoms with Gasteiger partial charge in [0.25, 0.3) is 0 Å². The molecule has 0 aliphatic carbocycles. The van der Waals surface area contributed by atoms with E-state index in [4.69, 9.17) is 0 Å². The summed E-state index contributed by atoms with van der Waals surface area (Å²) < 4.78 is 41.7. The normalized spacial score (nSPS) is 11.8. The van der Waals surface area contributed by atoms with Crippen LogP contribution < -0.4 is 0 Å². The van der Waals surface area contributed by atoms with E-state index in [1.54, 1.807) is 0 Å². The first-order valence-corrected chi connectivity index (χ1v) is 4.23. The number of ether oxygens (including phenoxy) is 1. The lowest BCUT2D eigenvalue weighted by Gasteiger charge is -2.08. The standard InChI is InChI=1S/C10H8F3NO2/c1-16-9(15)5-4-8-7(10(11,12)13)3-2-6-14-8/h2-6H,1H3. The molecule has 0 saturated heterocycles. The SMILES string of the molecule is COC(=O)C=Cc1ncccc1C(F)(F)F. The van der Waals surface area contributed by atoms with Gasteiger partial charge in [0.05, 0.1) is 18.4 Å². The molecule has 6 heteroatoms. The fourth-order valence-electron chi connectivity index (χ4n) is 1.01. The molecule has 1 heterocycles. The van der Waals surface area contributed by atoms with Crippen LogP contribution in [0.3, 0.4) is 0 Å². The maximum absolute atomic E-state index is 12.5. The first-order chi connectivity index (χ1) is 7.45. The van der Waals surface area contributed by atoms with E-state index in [1.807, 2.05) is 0 Å². The minimum absolute atomic E-state index is 0.319. The smallest absolute Gasteiger partial charge is 0.418 e. The van der Waals surface area contributed by atoms with Crippen LogP contribution in [-0.4, -0.2) is 18.1 Å². The summed E-state index contributed by atoms with van der Waals surface area (Å²) in [7, 11) is 1.13. The zero-order valence-electron chi connectivity index (χ0n) is 8.28. The van der Waals surface area contributed by atoms with Gasteiger partial charge >= 0.3 is 12.1 Å². The lowest BCUT2D eigenvalue weighted by atomic mass is 10.2. The minimum Gasteiger partial charge on any atom is -0.466 e. The summed E-state index contributed by atoms with van der Waals surface area (Å²) >= 11 is 0. The number of aromatic nitrogens is 1. The molecule has 0 N–H and O–H groups in total. The molecule has 0 amide bonds. The van der Waals surface area contributed by atoms with Crippen molar-refractivity contribution in [2.75, 3.05) is 7.11 Å². The molecule has 1 rings (SSSR count). The maximum Gasteiger partial charge on any atom is 0.418 e. The first-order valence-electron chi connectivity index (χ1n) is 4.23. The second-order valence-corrected chi connectivity index (χ2v) is 2.79. The molecule has 16 heavy (non-hydrogen) atoms. The number of rotatable bonds is 2. The third-order valence-electron chi connectivity index (χ3n) is 1.72. The molecule has 0 aliphatic heterocycles. The Morgan fingerprint density at radius 3 is 2.75 bits per heavy atom. The van der Waals surface area contributed by atoms with Gasteiger partial charge in [0.15, 0.2) is 0 Å². The van der Waals surface area contributed by atoms with Crippen LogP contribution in [0, 0.1) is 0 Å². The zero-order chi connectivity index (χ0) is 12.2. The van der Waals surface area contributed by atoms with E-state index in [1.165, 1.54) is 12.3 Å². The van der Waals surface area contributed by atoms with E-state index in [9.17, 15) is 18.0 Å². The monoisotopic (exact) mass is 231 g/mol. The van der Waals surface area contributed by atoms with Crippen molar-refractivity contribution in [1.29, 1.82) is 0 Å². The second-order valence-electron chi connectivity index (χ2n) is 2.79. The van der Waals surface area contributed by atoms with E-state index in [0.29, 0.717) is 0 Å². The van der Waals surface area contributed by atoms with Gasteiger partial charge < -0.3 is 4.74 Å². The molecule has 3 nitrogen and oxygen atoms in total. The van der Waals surface area contributed by atoms with Crippen molar-refractivity contribution in [2.45, 2.75) is 6.18 Å². The summed E-state index contributed by atoms with van der Waals surface area (Å²) in [4.78, 5) is 14.3. The van der Waals surface area contributed by atoms with Crippen LogP contribution >= 0.6 is 0 Å². The van der Waals surface area contributed by atoms with Crippen molar-refractivity contribution < 1.29 is 22.7 Å². The highest BCUT2D eigenvalue weighted by molar-refractivity contribution is 5.86. The molecular weight excluding hydrogens is 223 g/mol. The Labute approximate surface area is 89.6 Å². The quantitative estimate of drug-likeness (QED) is 0.579. The molecule has 0 aliphatic rings. The van der Waals surface area contributed by atoms with Crippen LogP contribution in [0.1, 0.15) is 11.3 Å². The lowest BCUT2D eigenvalue weighted by Crippen LogP contribution is -2.08. The summed E-state index contributed by atoms with van der Waals surface area (Å²) in [6.07, 6.45) is -1.43. The maximum atomic E-state index is 12.5. The summed E-state index contributed by atoms with van der Waals surface area (Å²) in [6.45, 7) is 0. The van der Waals surface area contributed by atoms with Gasteiger partial charge in [-0.15, -0.1) is 0 Å². The Morgan fingerprint density at radius 1 is 1.50 bits per heavy atom. The highest BCUT2D eigenvalue weighted by Crippen LogP contribution is 2.31. The third-order valence-corrected chi connectivity index (χ3v) is 1.72. The van der Waals surface area contributed by atoms with Crippen LogP contribution in [0.4, 0.5) is 13.2 Å². The Kier molecular flexibility index (Phi) is 3.65. The summed E-state index contributed by atoms with van der Waals surface area (Å²) in [5.74, 6) is -0.737. The second kappa shape index (κ2) is 4.78. The average Bonchev–Trinajstić information content (AvgIpc) is 2.25. The first kappa shape index (κ1) is 12.2. The number of carbonyl (C=O) groups is 1. The Hall–Kier alpha value is -1.85. The lowest BCUT2D eigenvalue weighted by molar-refractivity contribution is -0.138. The number of pyridine rings is 1. The van der Waals surface area contributed by atoms with Crippen LogP contribution in [0.15, 0.2) is 24.4 Å². The number of nitrogens with zero attached hydrogens (tertiary/aromatic N) is 1. The molecule has 0 radical (unpaired) electrons. The molecule has 0 spiro atoms. The molecule has 0 atom stereocenters. The number of carbonyl (C=O) groups excluding carboxylic acids is 1. The molecule has 0 unspecified atom stereocenters. The van der Waals surface area contributed by atoms with Gasteiger partial charge in [-0.3, -0.25) is 4.98 Å². The van der Waals surface area contributed by atoms with Gasteiger partial charge in [-0.1, -0.05) is 0 Å². The fourth-order valence-corrected chi connectivity index (χ4v) is 1.01. The highest BCUT2D eigenvalue weighted by atomic mass is 19.4. The average molecular weight is 231 g/mol. The predicted octanol–water partition coefficient (Wildman–Crippen LogP) is 2.29. The molecule has 1 aromatic heterocycles. The van der Waals surface area contributed by atoms with E-state index in [0.717, 1.165) is 25.3 Å². The van der Waals surface area contributed by atoms with Crippen LogP contribution in [0.25, 0.3) is 6.08 Å². The predicted molar refractivity (Wildman–Crippen MR) is 50.3 cm³/mol. The van der Waals surface area contributed by atoms with Gasteiger partial charge in [0.2, 0.25) is 0 Å². The number of methoxy groups -OCH3 is 1. The van der Waals surface area contributed by atoms with Crippen molar-refractivity contribution >= 4 is 12.0 Å². The van der Waals surface area contributed by atoms with Gasteiger partial charge in [0.1, 0.15) is 0 Å². The van der Waals surface area contributed by atoms with Crippen molar-refractivity contribution in [3.05, 3.63) is 35.7 Å². The summed E-state index contributed by atoms with van der Waals surface area (Å²) in [6, 6.07) is 2.07. The minimum atomic E-state index is -4.50. The number of alkyl halides is 3. The number of esters is 1. The third kappa shape index (κ3) is 3.08. The molecular formula is C10H8F3NO2. The van der Waals surface area contributed by atoms with E-state index >= 15 is 0 Å². The van der Waals surface area contributed by atoms with E-state index in [-0.39, 0.29) is 5.69 Å². The van der Waals surface area contributed by atoms with E-state index < -0.39 is 17.7 Å². The summed E-state index contributed by atoms with van der Waals surface area (Å²) in [5, 5.41) is 0. The van der Waals surface area contributed by atoms with Crippen LogP contribution in [0.5, 0.6) is 0 Å². The molecule has 86 valence electrons. The Bertz CT molecular complexity index is 413. The molecule has 0 saturated carbocycles.